The minimum Gasteiger partial charge on any atom is -0.467 e. The van der Waals surface area contributed by atoms with Crippen LogP contribution in [0.1, 0.15) is 35.2 Å². The van der Waals surface area contributed by atoms with Gasteiger partial charge < -0.3 is 20.5 Å². The Hall–Kier alpha value is -1.63. The number of nitrogens with zero attached hydrogens (tertiary/aromatic N) is 1. The molecule has 1 aliphatic carbocycles. The molecular weight excluding hydrogens is 318 g/mol. The average molecular weight is 340 g/mol. The van der Waals surface area contributed by atoms with Gasteiger partial charge in [-0.05, 0) is 31.0 Å². The van der Waals surface area contributed by atoms with Gasteiger partial charge in [-0.25, -0.2) is 4.79 Å². The van der Waals surface area contributed by atoms with E-state index in [4.69, 9.17) is 22.2 Å². The number of aryl methyl sites for hydroxylation is 1. The highest BCUT2D eigenvalue weighted by molar-refractivity contribution is 6.31. The molecule has 0 bridgehead atoms. The number of carbonyl (C=O) groups is 2. The molecule has 1 amide bonds. The summed E-state index contributed by atoms with van der Waals surface area (Å²) in [5.41, 5.74) is 0.497. The van der Waals surface area contributed by atoms with E-state index in [1.165, 1.54) is 13.2 Å². The molecule has 1 saturated carbocycles. The maximum absolute atomic E-state index is 12.8. The number of carbonyl (C=O) groups excluding carboxylic acids is 2. The minimum atomic E-state index is -0.792. The first-order valence-corrected chi connectivity index (χ1v) is 7.79. The van der Waals surface area contributed by atoms with Crippen molar-refractivity contribution in [3.8, 4) is 0 Å². The molecule has 0 aromatic heterocycles. The molecule has 0 radical (unpaired) electrons. The number of hydrogen-bond donors (Lipinski definition) is 1. The van der Waals surface area contributed by atoms with Crippen LogP contribution in [0.15, 0.2) is 12.1 Å². The smallest absolute Gasteiger partial charge is 0.340 e. The molecular formula is C16H22ClN3O3. The van der Waals surface area contributed by atoms with Crippen LogP contribution in [0.5, 0.6) is 0 Å². The summed E-state index contributed by atoms with van der Waals surface area (Å²) in [6, 6.07) is 3.15. The Labute approximate surface area is 141 Å². The zero-order valence-corrected chi connectivity index (χ0v) is 14.6. The molecule has 7 heteroatoms. The standard InChI is InChI=1S/C16H22ClN3O3/c1-10-8-11(17)9-12(14(21)23-4)13(10)19-15(22)16(6-5-7-16)20(2,3)18/h8-9,18H,5-7H2,1-4H3,(H,19,22). The number of esters is 1. The van der Waals surface area contributed by atoms with Gasteiger partial charge in [0.15, 0.2) is 5.54 Å². The van der Waals surface area contributed by atoms with Crippen molar-refractivity contribution in [2.24, 2.45) is 0 Å². The number of rotatable bonds is 4. The van der Waals surface area contributed by atoms with Crippen LogP contribution in [0.3, 0.4) is 0 Å². The van der Waals surface area contributed by atoms with Crippen molar-refractivity contribution in [3.05, 3.63) is 34.1 Å². The van der Waals surface area contributed by atoms with Gasteiger partial charge in [0.1, 0.15) is 0 Å². The van der Waals surface area contributed by atoms with Crippen molar-refractivity contribution in [2.45, 2.75) is 31.7 Å². The summed E-state index contributed by atoms with van der Waals surface area (Å²) in [6.45, 7) is 1.77. The summed E-state index contributed by atoms with van der Waals surface area (Å²) in [4.78, 5) is 24.8. The van der Waals surface area contributed by atoms with Gasteiger partial charge in [-0.2, -0.15) is 0 Å². The van der Waals surface area contributed by atoms with Crippen molar-refractivity contribution in [2.75, 3.05) is 26.5 Å². The Morgan fingerprint density at radius 3 is 2.39 bits per heavy atom. The molecule has 2 N–H and O–H groups in total. The van der Waals surface area contributed by atoms with Crippen molar-refractivity contribution in [1.82, 2.24) is 0 Å². The lowest BCUT2D eigenvalue weighted by atomic mass is 9.74. The van der Waals surface area contributed by atoms with Gasteiger partial charge in [0.2, 0.25) is 0 Å². The summed E-state index contributed by atoms with van der Waals surface area (Å²) in [6.07, 6.45) is 2.21. The maximum atomic E-state index is 12.8. The molecule has 0 heterocycles. The van der Waals surface area contributed by atoms with Crippen LogP contribution < -0.4 is 5.32 Å². The molecule has 1 fully saturated rings. The van der Waals surface area contributed by atoms with Crippen LogP contribution in [-0.2, 0) is 9.53 Å². The maximum Gasteiger partial charge on any atom is 0.340 e. The van der Waals surface area contributed by atoms with Crippen LogP contribution >= 0.6 is 11.6 Å². The highest BCUT2D eigenvalue weighted by Gasteiger charge is 2.53. The van der Waals surface area contributed by atoms with E-state index in [-0.39, 0.29) is 16.1 Å². The summed E-state index contributed by atoms with van der Waals surface area (Å²) in [5.74, 6) is 7.45. The monoisotopic (exact) mass is 339 g/mol. The number of anilines is 1. The van der Waals surface area contributed by atoms with E-state index in [1.807, 2.05) is 0 Å². The number of ether oxygens (including phenoxy) is 1. The van der Waals surface area contributed by atoms with E-state index in [0.717, 1.165) is 6.42 Å². The van der Waals surface area contributed by atoms with Gasteiger partial charge in [-0.3, -0.25) is 4.79 Å². The lowest BCUT2D eigenvalue weighted by Crippen LogP contribution is -2.65. The minimum absolute atomic E-state index is 0.195. The Bertz CT molecular complexity index is 649. The quantitative estimate of drug-likeness (QED) is 0.519. The summed E-state index contributed by atoms with van der Waals surface area (Å²) < 4.78 is 4.58. The molecule has 0 aliphatic heterocycles. The normalized spacial score (nSPS) is 16.4. The van der Waals surface area contributed by atoms with Crippen molar-refractivity contribution < 1.29 is 18.9 Å². The second-order valence-corrected chi connectivity index (χ2v) is 6.87. The van der Waals surface area contributed by atoms with Crippen molar-refractivity contribution in [3.63, 3.8) is 0 Å². The van der Waals surface area contributed by atoms with E-state index < -0.39 is 11.5 Å². The molecule has 1 aromatic carbocycles. The van der Waals surface area contributed by atoms with E-state index in [1.54, 1.807) is 27.1 Å². The predicted octanol–water partition coefficient (Wildman–Crippen LogP) is 3.34. The molecule has 126 valence electrons. The largest absolute Gasteiger partial charge is 0.467 e. The molecule has 6 nitrogen and oxygen atoms in total. The average Bonchev–Trinajstić information content (AvgIpc) is 2.37. The SMILES string of the molecule is COC(=O)c1cc(Cl)cc(C)c1NC(=O)C1([N+](C)(C)[NH-])CCC1. The third-order valence-electron chi connectivity index (χ3n) is 4.62. The zero-order chi connectivity index (χ0) is 17.4. The Morgan fingerprint density at radius 1 is 1.35 bits per heavy atom. The topological polar surface area (TPSA) is 79.2 Å². The van der Waals surface area contributed by atoms with Gasteiger partial charge in [-0.15, -0.1) is 0 Å². The van der Waals surface area contributed by atoms with E-state index >= 15 is 0 Å². The number of benzene rings is 1. The van der Waals surface area contributed by atoms with Crippen LogP contribution in [0.2, 0.25) is 5.02 Å². The first kappa shape index (κ1) is 17.7. The Morgan fingerprint density at radius 2 is 1.96 bits per heavy atom. The third kappa shape index (κ3) is 3.06. The third-order valence-corrected chi connectivity index (χ3v) is 4.84. The van der Waals surface area contributed by atoms with Crippen LogP contribution in [0, 0.1) is 6.92 Å². The second kappa shape index (κ2) is 6.11. The van der Waals surface area contributed by atoms with Crippen LogP contribution in [0.25, 0.3) is 5.84 Å². The number of halogens is 1. The van der Waals surface area contributed by atoms with Gasteiger partial charge in [-0.1, -0.05) is 11.6 Å². The molecule has 0 saturated heterocycles. The Balaban J connectivity index is 2.40. The van der Waals surface area contributed by atoms with Gasteiger partial charge in [0.25, 0.3) is 5.91 Å². The fourth-order valence-corrected chi connectivity index (χ4v) is 3.23. The lowest BCUT2D eigenvalue weighted by molar-refractivity contribution is -0.891. The molecule has 1 aromatic rings. The van der Waals surface area contributed by atoms with Crippen LogP contribution in [0.4, 0.5) is 5.69 Å². The molecule has 2 rings (SSSR count). The first-order chi connectivity index (χ1) is 10.6. The second-order valence-electron chi connectivity index (χ2n) is 6.43. The van der Waals surface area contributed by atoms with Crippen molar-refractivity contribution in [1.29, 1.82) is 0 Å². The summed E-state index contributed by atoms with van der Waals surface area (Å²) in [7, 11) is 4.66. The summed E-state index contributed by atoms with van der Waals surface area (Å²) >= 11 is 6.01. The number of likely N-dealkylation sites (N-methyl/N-ethyl adjacent to an activating group) is 1. The van der Waals surface area contributed by atoms with Gasteiger partial charge >= 0.3 is 5.97 Å². The zero-order valence-electron chi connectivity index (χ0n) is 13.8. The van der Waals surface area contributed by atoms with Crippen molar-refractivity contribution >= 4 is 29.2 Å². The lowest BCUT2D eigenvalue weighted by Gasteiger charge is -2.55. The van der Waals surface area contributed by atoms with E-state index in [0.29, 0.717) is 29.1 Å². The van der Waals surface area contributed by atoms with Crippen LogP contribution in [-0.4, -0.2) is 43.2 Å². The number of amides is 1. The van der Waals surface area contributed by atoms with Gasteiger partial charge in [0, 0.05) is 17.9 Å². The van der Waals surface area contributed by atoms with E-state index in [9.17, 15) is 9.59 Å². The molecule has 1 aliphatic rings. The Kier molecular flexibility index (Phi) is 4.71. The summed E-state index contributed by atoms with van der Waals surface area (Å²) in [5, 5.41) is 3.24. The van der Waals surface area contributed by atoms with Gasteiger partial charge in [0.05, 0.1) is 32.5 Å². The molecule has 0 atom stereocenters. The number of hydrogen-bond acceptors (Lipinski definition) is 3. The number of nitrogens with one attached hydrogen (secondary N) is 2. The molecule has 0 unspecified atom stereocenters. The molecule has 0 spiro atoms. The van der Waals surface area contributed by atoms with E-state index in [2.05, 4.69) is 5.32 Å². The fourth-order valence-electron chi connectivity index (χ4n) is 2.96. The fraction of sp³-hybridized carbons (Fsp3) is 0.500. The predicted molar refractivity (Wildman–Crippen MR) is 89.2 cm³/mol. The highest BCUT2D eigenvalue weighted by atomic mass is 35.5. The first-order valence-electron chi connectivity index (χ1n) is 7.41. The highest BCUT2D eigenvalue weighted by Crippen LogP contribution is 2.42. The number of quaternary nitrogens is 1. The number of methoxy groups -OCH3 is 1. The molecule has 23 heavy (non-hydrogen) atoms.